The van der Waals surface area contributed by atoms with Gasteiger partial charge in [-0.15, -0.1) is 0 Å². The molecule has 0 spiro atoms. The molecule has 0 N–H and O–H groups in total. The molecule has 8 rings (SSSR count). The second kappa shape index (κ2) is 8.30. The van der Waals surface area contributed by atoms with E-state index >= 15 is 0 Å². The highest BCUT2D eigenvalue weighted by Crippen LogP contribution is 2.48. The number of fused-ring (bicyclic) bond motifs is 4. The normalized spacial score (nSPS) is 11.7. The second-order valence-electron chi connectivity index (χ2n) is 10.2. The van der Waals surface area contributed by atoms with Crippen molar-refractivity contribution in [3.05, 3.63) is 146 Å². The van der Waals surface area contributed by atoms with Gasteiger partial charge in [0, 0.05) is 0 Å². The molecule has 0 aliphatic heterocycles. The molecule has 0 heteroatoms. The maximum atomic E-state index is 2.37. The highest BCUT2D eigenvalue weighted by atomic mass is 14.2. The summed E-state index contributed by atoms with van der Waals surface area (Å²) in [5.74, 6) is 0. The van der Waals surface area contributed by atoms with Crippen molar-refractivity contribution in [2.75, 3.05) is 0 Å². The van der Waals surface area contributed by atoms with Crippen LogP contribution in [0.5, 0.6) is 0 Å². The molecule has 0 nitrogen and oxygen atoms in total. The summed E-state index contributed by atoms with van der Waals surface area (Å²) in [7, 11) is 0. The van der Waals surface area contributed by atoms with Gasteiger partial charge in [0.25, 0.3) is 0 Å². The Morgan fingerprint density at radius 2 is 0.737 bits per heavy atom. The van der Waals surface area contributed by atoms with Crippen molar-refractivity contribution in [2.24, 2.45) is 0 Å². The fraction of sp³-hybridized carbons (Fsp3) is 0. The predicted molar refractivity (Wildman–Crippen MR) is 162 cm³/mol. The van der Waals surface area contributed by atoms with Gasteiger partial charge in [0.2, 0.25) is 0 Å². The molecule has 176 valence electrons. The quantitative estimate of drug-likeness (QED) is 0.236. The summed E-state index contributed by atoms with van der Waals surface area (Å²) in [6.45, 7) is 0. The molecule has 0 atom stereocenters. The number of hydrogen-bond donors (Lipinski definition) is 0. The molecule has 7 aromatic carbocycles. The molecule has 1 aliphatic carbocycles. The van der Waals surface area contributed by atoms with Crippen molar-refractivity contribution < 1.29 is 0 Å². The molecule has 0 bridgehead atoms. The molecule has 0 heterocycles. The van der Waals surface area contributed by atoms with E-state index in [4.69, 9.17) is 0 Å². The van der Waals surface area contributed by atoms with E-state index < -0.39 is 0 Å². The lowest BCUT2D eigenvalue weighted by Gasteiger charge is -2.10. The Morgan fingerprint density at radius 3 is 1.42 bits per heavy atom. The third kappa shape index (κ3) is 3.31. The highest BCUT2D eigenvalue weighted by Gasteiger charge is 2.21. The average Bonchev–Trinajstić information content (AvgIpc) is 3.32. The standard InChI is InChI=1S/C38H24/c1-2-7-25(8-3-1)28-17-19-31-22-29(18-20-30(31)21-28)26-13-15-27(16-14-26)33-23-32-9-6-12-36-34-10-4-5-11-35(34)37(24-33)38(32)36/h1-24H. The minimum atomic E-state index is 1.24. The summed E-state index contributed by atoms with van der Waals surface area (Å²) in [5.41, 5.74) is 12.9. The van der Waals surface area contributed by atoms with Crippen LogP contribution in [0.4, 0.5) is 0 Å². The van der Waals surface area contributed by atoms with Crippen molar-refractivity contribution in [1.82, 2.24) is 0 Å². The van der Waals surface area contributed by atoms with Gasteiger partial charge in [0.05, 0.1) is 0 Å². The van der Waals surface area contributed by atoms with E-state index in [9.17, 15) is 0 Å². The third-order valence-corrected chi connectivity index (χ3v) is 7.98. The molecule has 0 unspecified atom stereocenters. The first-order valence-electron chi connectivity index (χ1n) is 13.2. The number of benzene rings is 7. The maximum Gasteiger partial charge on any atom is -0.00259 e. The summed E-state index contributed by atoms with van der Waals surface area (Å²) < 4.78 is 0. The average molecular weight is 481 g/mol. The van der Waals surface area contributed by atoms with Crippen molar-refractivity contribution >= 4 is 21.5 Å². The van der Waals surface area contributed by atoms with Crippen LogP contribution in [-0.4, -0.2) is 0 Å². The second-order valence-corrected chi connectivity index (χ2v) is 10.2. The van der Waals surface area contributed by atoms with Crippen LogP contribution in [0.15, 0.2) is 146 Å². The summed E-state index contributed by atoms with van der Waals surface area (Å²) >= 11 is 0. The number of hydrogen-bond acceptors (Lipinski definition) is 0. The fourth-order valence-electron chi connectivity index (χ4n) is 6.07. The zero-order valence-electron chi connectivity index (χ0n) is 20.9. The Morgan fingerprint density at radius 1 is 0.237 bits per heavy atom. The SMILES string of the molecule is c1ccc(-c2ccc3cc(-c4ccc(-c5cc6c7c(cccc7c5)-c5ccccc5-6)cc4)ccc3c2)cc1. The van der Waals surface area contributed by atoms with Gasteiger partial charge in [-0.2, -0.15) is 0 Å². The molecule has 0 radical (unpaired) electrons. The molecule has 0 amide bonds. The van der Waals surface area contributed by atoms with E-state index in [-0.39, 0.29) is 0 Å². The molecular weight excluding hydrogens is 456 g/mol. The lowest BCUT2D eigenvalue weighted by molar-refractivity contribution is 1.61. The van der Waals surface area contributed by atoms with Gasteiger partial charge in [-0.05, 0) is 101 Å². The van der Waals surface area contributed by atoms with Crippen molar-refractivity contribution in [1.29, 1.82) is 0 Å². The van der Waals surface area contributed by atoms with Gasteiger partial charge >= 0.3 is 0 Å². The Bertz CT molecular complexity index is 1990. The first kappa shape index (κ1) is 21.2. The Kier molecular flexibility index (Phi) is 4.62. The molecule has 0 fully saturated rings. The lowest BCUT2D eigenvalue weighted by Crippen LogP contribution is -1.84. The minimum absolute atomic E-state index is 1.24. The lowest BCUT2D eigenvalue weighted by atomic mass is 9.94. The van der Waals surface area contributed by atoms with Gasteiger partial charge in [0.1, 0.15) is 0 Å². The summed E-state index contributed by atoms with van der Waals surface area (Å²) in [6.07, 6.45) is 0. The van der Waals surface area contributed by atoms with Crippen LogP contribution in [0.25, 0.3) is 77.2 Å². The smallest absolute Gasteiger partial charge is 0.00259 e. The fourth-order valence-corrected chi connectivity index (χ4v) is 6.07. The minimum Gasteiger partial charge on any atom is -0.0622 e. The van der Waals surface area contributed by atoms with Crippen LogP contribution in [0.1, 0.15) is 0 Å². The molecule has 7 aromatic rings. The van der Waals surface area contributed by atoms with E-state index in [1.807, 2.05) is 0 Å². The van der Waals surface area contributed by atoms with Crippen LogP contribution in [0.3, 0.4) is 0 Å². The zero-order chi connectivity index (χ0) is 25.1. The van der Waals surface area contributed by atoms with Gasteiger partial charge in [-0.3, -0.25) is 0 Å². The highest BCUT2D eigenvalue weighted by molar-refractivity contribution is 6.16. The zero-order valence-corrected chi connectivity index (χ0v) is 20.9. The first-order valence-corrected chi connectivity index (χ1v) is 13.2. The Hall–Kier alpha value is -4.94. The molecule has 0 saturated carbocycles. The predicted octanol–water partition coefficient (Wildman–Crippen LogP) is 10.6. The number of rotatable bonds is 3. The maximum absolute atomic E-state index is 2.37. The van der Waals surface area contributed by atoms with Crippen LogP contribution in [0, 0.1) is 0 Å². The van der Waals surface area contributed by atoms with E-state index in [1.165, 1.54) is 77.2 Å². The van der Waals surface area contributed by atoms with Gasteiger partial charge in [0.15, 0.2) is 0 Å². The Balaban J connectivity index is 1.15. The topological polar surface area (TPSA) is 0 Å². The molecule has 38 heavy (non-hydrogen) atoms. The van der Waals surface area contributed by atoms with Crippen molar-refractivity contribution in [3.63, 3.8) is 0 Å². The summed E-state index contributed by atoms with van der Waals surface area (Å²) in [6, 6.07) is 53.3. The van der Waals surface area contributed by atoms with E-state index in [1.54, 1.807) is 0 Å². The van der Waals surface area contributed by atoms with Crippen LogP contribution in [-0.2, 0) is 0 Å². The summed E-state index contributed by atoms with van der Waals surface area (Å²) in [4.78, 5) is 0. The van der Waals surface area contributed by atoms with Gasteiger partial charge in [-0.25, -0.2) is 0 Å². The molecular formula is C38H24. The van der Waals surface area contributed by atoms with E-state index in [0.717, 1.165) is 0 Å². The van der Waals surface area contributed by atoms with E-state index in [0.29, 0.717) is 0 Å². The van der Waals surface area contributed by atoms with Crippen LogP contribution < -0.4 is 0 Å². The first-order chi connectivity index (χ1) is 18.8. The van der Waals surface area contributed by atoms with Crippen molar-refractivity contribution in [3.8, 4) is 55.6 Å². The monoisotopic (exact) mass is 480 g/mol. The third-order valence-electron chi connectivity index (χ3n) is 7.98. The van der Waals surface area contributed by atoms with E-state index in [2.05, 4.69) is 146 Å². The Labute approximate surface area is 222 Å². The molecule has 0 saturated heterocycles. The van der Waals surface area contributed by atoms with Gasteiger partial charge in [-0.1, -0.05) is 121 Å². The van der Waals surface area contributed by atoms with Gasteiger partial charge < -0.3 is 0 Å². The van der Waals surface area contributed by atoms with Crippen molar-refractivity contribution in [2.45, 2.75) is 0 Å². The molecule has 0 aromatic heterocycles. The largest absolute Gasteiger partial charge is 0.0622 e. The van der Waals surface area contributed by atoms with Crippen LogP contribution in [0.2, 0.25) is 0 Å². The van der Waals surface area contributed by atoms with Crippen LogP contribution >= 0.6 is 0 Å². The molecule has 1 aliphatic rings. The summed E-state index contributed by atoms with van der Waals surface area (Å²) in [5, 5.41) is 5.21.